The second-order valence-electron chi connectivity index (χ2n) is 1.82. The van der Waals surface area contributed by atoms with Crippen LogP contribution in [0, 0.1) is 0 Å². The summed E-state index contributed by atoms with van der Waals surface area (Å²) >= 11 is 0. The van der Waals surface area contributed by atoms with Gasteiger partial charge in [-0.2, -0.15) is 0 Å². The second kappa shape index (κ2) is 7.21. The first-order valence-electron chi connectivity index (χ1n) is 2.63. The molecule has 0 fully saturated rings. The molecule has 54 valence electrons. The number of hydrogen-bond donors (Lipinski definition) is 0. The maximum Gasteiger partial charge on any atom is 0.105 e. The normalized spacial score (nSPS) is 6.89. The van der Waals surface area contributed by atoms with Crippen molar-refractivity contribution in [3.8, 4) is 0 Å². The van der Waals surface area contributed by atoms with Gasteiger partial charge >= 0.3 is 0 Å². The Kier molecular flexibility index (Phi) is 8.87. The van der Waals surface area contributed by atoms with E-state index < -0.39 is 0 Å². The van der Waals surface area contributed by atoms with Crippen molar-refractivity contribution in [2.75, 3.05) is 6.61 Å². The lowest BCUT2D eigenvalue weighted by atomic mass is 10.4. The van der Waals surface area contributed by atoms with Crippen LogP contribution < -0.4 is 0 Å². The van der Waals surface area contributed by atoms with Crippen LogP contribution >= 0.6 is 0 Å². The molecule has 0 aliphatic carbocycles. The van der Waals surface area contributed by atoms with E-state index in [1.807, 2.05) is 13.8 Å². The largest absolute Gasteiger partial charge is 0.497 e. The monoisotopic (exact) mass is 132 g/mol. The molecule has 0 aliphatic rings. The van der Waals surface area contributed by atoms with E-state index in [0.29, 0.717) is 6.61 Å². The summed E-state index contributed by atoms with van der Waals surface area (Å²) in [6.07, 6.45) is 3.45. The van der Waals surface area contributed by atoms with Crippen LogP contribution in [0.15, 0.2) is 24.5 Å². The Morgan fingerprint density at radius 1 is 1.56 bits per heavy atom. The number of allylic oxidation sites excluding steroid dienone is 1. The van der Waals surface area contributed by atoms with Gasteiger partial charge in [0.25, 0.3) is 0 Å². The minimum atomic E-state index is 0. The highest BCUT2D eigenvalue weighted by Crippen LogP contribution is 1.88. The van der Waals surface area contributed by atoms with E-state index in [2.05, 4.69) is 6.58 Å². The average molecular weight is 132 g/mol. The number of ether oxygens (including phenoxy) is 1. The van der Waals surface area contributed by atoms with Gasteiger partial charge in [-0.15, -0.1) is 0 Å². The fourth-order valence-electron chi connectivity index (χ4n) is 0.283. The molecule has 0 saturated carbocycles. The minimum Gasteiger partial charge on any atom is -0.497 e. The Hall–Kier alpha value is -0.790. The van der Waals surface area contributed by atoms with Gasteiger partial charge in [-0.1, -0.05) is 12.7 Å². The third-order valence-corrected chi connectivity index (χ3v) is 0.533. The van der Waals surface area contributed by atoms with Gasteiger partial charge in [0, 0.05) is 0 Å². The summed E-state index contributed by atoms with van der Waals surface area (Å²) in [4.78, 5) is 0. The maximum atomic E-state index is 4.96. The van der Waals surface area contributed by atoms with Crippen LogP contribution in [0.2, 0.25) is 0 Å². The van der Waals surface area contributed by atoms with Gasteiger partial charge < -0.3 is 4.74 Å². The predicted molar refractivity (Wildman–Crippen MR) is 38.1 cm³/mol. The summed E-state index contributed by atoms with van der Waals surface area (Å²) in [6, 6.07) is 0. The van der Waals surface area contributed by atoms with Crippen molar-refractivity contribution >= 4 is 0 Å². The summed E-state index contributed by atoms with van der Waals surface area (Å²) in [6.45, 7) is 8.08. The number of halogens is 1. The minimum absolute atomic E-state index is 0. The molecular formula is C7H13FO. The molecule has 0 radical (unpaired) electrons. The third-order valence-electron chi connectivity index (χ3n) is 0.533. The average Bonchev–Trinajstić information content (AvgIpc) is 1.66. The van der Waals surface area contributed by atoms with E-state index in [1.54, 1.807) is 12.3 Å². The van der Waals surface area contributed by atoms with Crippen molar-refractivity contribution in [3.63, 3.8) is 0 Å². The summed E-state index contributed by atoms with van der Waals surface area (Å²) in [5.74, 6) is 0. The highest BCUT2D eigenvalue weighted by Gasteiger charge is 1.73. The summed E-state index contributed by atoms with van der Waals surface area (Å²) in [5.41, 5.74) is 1.17. The third kappa shape index (κ3) is 11.0. The molecule has 0 aromatic rings. The van der Waals surface area contributed by atoms with Crippen molar-refractivity contribution < 1.29 is 9.44 Å². The van der Waals surface area contributed by atoms with Gasteiger partial charge in [0.15, 0.2) is 0 Å². The van der Waals surface area contributed by atoms with E-state index in [1.165, 1.54) is 5.57 Å². The highest BCUT2D eigenvalue weighted by molar-refractivity contribution is 4.86. The molecule has 0 bridgehead atoms. The molecule has 1 nitrogen and oxygen atoms in total. The van der Waals surface area contributed by atoms with Crippen molar-refractivity contribution in [1.29, 1.82) is 0 Å². The van der Waals surface area contributed by atoms with Crippen molar-refractivity contribution in [2.24, 2.45) is 0 Å². The van der Waals surface area contributed by atoms with Crippen LogP contribution in [-0.2, 0) is 4.74 Å². The number of hydrogen-bond acceptors (Lipinski definition) is 1. The first-order valence-corrected chi connectivity index (χ1v) is 2.63. The molecule has 0 rings (SSSR count). The van der Waals surface area contributed by atoms with E-state index in [9.17, 15) is 0 Å². The summed E-state index contributed by atoms with van der Waals surface area (Å²) in [7, 11) is 0. The molecule has 0 aromatic heterocycles. The molecule has 0 aromatic carbocycles. The fourth-order valence-corrected chi connectivity index (χ4v) is 0.283. The van der Waals surface area contributed by atoms with E-state index in [4.69, 9.17) is 4.74 Å². The Labute approximate surface area is 55.4 Å². The van der Waals surface area contributed by atoms with Crippen LogP contribution in [0.4, 0.5) is 4.70 Å². The van der Waals surface area contributed by atoms with Gasteiger partial charge in [-0.25, -0.2) is 0 Å². The molecule has 0 heterocycles. The van der Waals surface area contributed by atoms with Crippen LogP contribution in [0.25, 0.3) is 0 Å². The van der Waals surface area contributed by atoms with Crippen LogP contribution in [0.3, 0.4) is 0 Å². The fraction of sp³-hybridized carbons (Fsp3) is 0.429. The summed E-state index contributed by atoms with van der Waals surface area (Å²) < 4.78 is 4.96. The zero-order valence-electron chi connectivity index (χ0n) is 5.89. The van der Waals surface area contributed by atoms with E-state index in [-0.39, 0.29) is 4.70 Å². The zero-order chi connectivity index (χ0) is 6.41. The Morgan fingerprint density at radius 2 is 2.11 bits per heavy atom. The van der Waals surface area contributed by atoms with Crippen LogP contribution in [0.1, 0.15) is 13.8 Å². The highest BCUT2D eigenvalue weighted by atomic mass is 19.0. The SMILES string of the molecule is C=CCOC=C(C)C.F. The number of rotatable bonds is 3. The van der Waals surface area contributed by atoms with Crippen LogP contribution in [-0.4, -0.2) is 6.61 Å². The Bertz CT molecular complexity index is 93.1. The Morgan fingerprint density at radius 3 is 2.44 bits per heavy atom. The quantitative estimate of drug-likeness (QED) is 0.325. The molecule has 0 spiro atoms. The Balaban J connectivity index is 0. The molecule has 9 heavy (non-hydrogen) atoms. The first-order chi connectivity index (χ1) is 3.77. The molecule has 0 saturated heterocycles. The molecule has 0 unspecified atom stereocenters. The first kappa shape index (κ1) is 11.1. The molecular weight excluding hydrogens is 119 g/mol. The van der Waals surface area contributed by atoms with E-state index >= 15 is 0 Å². The van der Waals surface area contributed by atoms with Crippen LogP contribution in [0.5, 0.6) is 0 Å². The standard InChI is InChI=1S/C7H12O.FH/c1-4-5-8-6-7(2)3;/h4,6H,1,5H2,2-3H3;1H. The van der Waals surface area contributed by atoms with E-state index in [0.717, 1.165) is 0 Å². The lowest BCUT2D eigenvalue weighted by Gasteiger charge is -1.92. The predicted octanol–water partition coefficient (Wildman–Crippen LogP) is 2.27. The van der Waals surface area contributed by atoms with Gasteiger partial charge in [-0.05, 0) is 19.4 Å². The molecule has 2 heteroatoms. The maximum absolute atomic E-state index is 4.96. The van der Waals surface area contributed by atoms with Gasteiger partial charge in [-0.3, -0.25) is 4.70 Å². The topological polar surface area (TPSA) is 9.23 Å². The lowest BCUT2D eigenvalue weighted by Crippen LogP contribution is -1.79. The van der Waals surface area contributed by atoms with Crippen molar-refractivity contribution in [2.45, 2.75) is 13.8 Å². The molecule has 0 aliphatic heterocycles. The van der Waals surface area contributed by atoms with Gasteiger partial charge in [0.05, 0.1) is 6.26 Å². The molecule has 0 N–H and O–H groups in total. The lowest BCUT2D eigenvalue weighted by molar-refractivity contribution is 0.286. The molecule has 0 atom stereocenters. The summed E-state index contributed by atoms with van der Waals surface area (Å²) in [5, 5.41) is 0. The second-order valence-corrected chi connectivity index (χ2v) is 1.82. The molecule has 0 amide bonds. The smallest absolute Gasteiger partial charge is 0.105 e. The zero-order valence-corrected chi connectivity index (χ0v) is 5.89. The van der Waals surface area contributed by atoms with Gasteiger partial charge in [0.1, 0.15) is 6.61 Å². The van der Waals surface area contributed by atoms with Crippen molar-refractivity contribution in [3.05, 3.63) is 24.5 Å². The van der Waals surface area contributed by atoms with Crippen molar-refractivity contribution in [1.82, 2.24) is 0 Å². The van der Waals surface area contributed by atoms with Gasteiger partial charge in [0.2, 0.25) is 0 Å².